The number of hydrogen-bond acceptors (Lipinski definition) is 5. The highest BCUT2D eigenvalue weighted by atomic mass is 79.9. The highest BCUT2D eigenvalue weighted by Gasteiger charge is 2.15. The summed E-state index contributed by atoms with van der Waals surface area (Å²) in [6, 6.07) is 6.75. The first-order chi connectivity index (χ1) is 9.61. The Bertz CT molecular complexity index is 612. The predicted octanol–water partition coefficient (Wildman–Crippen LogP) is 2.64. The van der Waals surface area contributed by atoms with Crippen LogP contribution in [0, 0.1) is 0 Å². The molecule has 0 aliphatic heterocycles. The Labute approximate surface area is 124 Å². The van der Waals surface area contributed by atoms with Crippen molar-refractivity contribution in [2.75, 3.05) is 6.61 Å². The summed E-state index contributed by atoms with van der Waals surface area (Å²) in [6.45, 7) is 2.19. The summed E-state index contributed by atoms with van der Waals surface area (Å²) in [6.07, 6.45) is 1.35. The lowest BCUT2D eigenvalue weighted by Crippen LogP contribution is -2.10. The fourth-order valence-corrected chi connectivity index (χ4v) is 2.11. The standard InChI is InChI=1S/C13H13BrN2O4/c1-2-19-13(17)9-4-3-5-11(14)10(9)8-20-12-6-7-16(18)15-12/h3-7,18H,2,8H2,1H3. The zero-order valence-corrected chi connectivity index (χ0v) is 12.3. The van der Waals surface area contributed by atoms with Crippen molar-refractivity contribution >= 4 is 21.9 Å². The van der Waals surface area contributed by atoms with Crippen LogP contribution in [0.25, 0.3) is 0 Å². The summed E-state index contributed by atoms with van der Waals surface area (Å²) in [5.74, 6) is -0.141. The Morgan fingerprint density at radius 2 is 2.25 bits per heavy atom. The Morgan fingerprint density at radius 3 is 2.90 bits per heavy atom. The molecule has 1 heterocycles. The van der Waals surface area contributed by atoms with Gasteiger partial charge >= 0.3 is 5.97 Å². The summed E-state index contributed by atoms with van der Waals surface area (Å²) >= 11 is 3.38. The van der Waals surface area contributed by atoms with Gasteiger partial charge in [0, 0.05) is 16.1 Å². The summed E-state index contributed by atoms with van der Waals surface area (Å²) in [5, 5.41) is 12.7. The van der Waals surface area contributed by atoms with Gasteiger partial charge < -0.3 is 14.7 Å². The fraction of sp³-hybridized carbons (Fsp3) is 0.231. The molecule has 1 aromatic heterocycles. The monoisotopic (exact) mass is 340 g/mol. The predicted molar refractivity (Wildman–Crippen MR) is 73.8 cm³/mol. The van der Waals surface area contributed by atoms with Crippen LogP contribution in [0.1, 0.15) is 22.8 Å². The van der Waals surface area contributed by atoms with Crippen LogP contribution in [0.3, 0.4) is 0 Å². The van der Waals surface area contributed by atoms with Gasteiger partial charge in [-0.15, -0.1) is 4.85 Å². The van der Waals surface area contributed by atoms with Gasteiger partial charge in [-0.1, -0.05) is 27.1 Å². The van der Waals surface area contributed by atoms with Crippen molar-refractivity contribution in [3.8, 4) is 5.88 Å². The summed E-state index contributed by atoms with van der Waals surface area (Å²) in [4.78, 5) is 12.5. The lowest BCUT2D eigenvalue weighted by atomic mass is 10.1. The van der Waals surface area contributed by atoms with Crippen LogP contribution in [-0.2, 0) is 11.3 Å². The molecule has 0 saturated heterocycles. The molecule has 0 bridgehead atoms. The highest BCUT2D eigenvalue weighted by molar-refractivity contribution is 9.10. The van der Waals surface area contributed by atoms with E-state index in [1.54, 1.807) is 19.1 Å². The van der Waals surface area contributed by atoms with Crippen LogP contribution in [0.5, 0.6) is 5.88 Å². The number of nitrogens with zero attached hydrogens (tertiary/aromatic N) is 2. The molecule has 0 amide bonds. The highest BCUT2D eigenvalue weighted by Crippen LogP contribution is 2.23. The fourth-order valence-electron chi connectivity index (χ4n) is 1.63. The molecule has 106 valence electrons. The Kier molecular flexibility index (Phi) is 4.62. The van der Waals surface area contributed by atoms with E-state index in [0.29, 0.717) is 22.6 Å². The minimum atomic E-state index is -0.403. The first-order valence-corrected chi connectivity index (χ1v) is 6.73. The van der Waals surface area contributed by atoms with Crippen LogP contribution < -0.4 is 4.74 Å². The molecule has 0 atom stereocenters. The normalized spacial score (nSPS) is 10.3. The SMILES string of the molecule is CCOC(=O)c1cccc(Br)c1COc1ccn(O)n1. The van der Waals surface area contributed by atoms with E-state index in [4.69, 9.17) is 14.7 Å². The third kappa shape index (κ3) is 3.30. The van der Waals surface area contributed by atoms with Crippen molar-refractivity contribution in [2.24, 2.45) is 0 Å². The van der Waals surface area contributed by atoms with E-state index in [1.165, 1.54) is 12.3 Å². The molecule has 1 aromatic carbocycles. The lowest BCUT2D eigenvalue weighted by Gasteiger charge is -2.11. The van der Waals surface area contributed by atoms with Gasteiger partial charge in [-0.05, 0) is 19.1 Å². The third-order valence-electron chi connectivity index (χ3n) is 2.53. The number of rotatable bonds is 5. The minimum Gasteiger partial charge on any atom is -0.472 e. The maximum atomic E-state index is 11.9. The number of halogens is 1. The molecule has 0 aliphatic carbocycles. The molecule has 0 saturated carbocycles. The van der Waals surface area contributed by atoms with Crippen LogP contribution in [0.2, 0.25) is 0 Å². The molecule has 0 unspecified atom stereocenters. The van der Waals surface area contributed by atoms with Gasteiger partial charge in [0.05, 0.1) is 18.4 Å². The lowest BCUT2D eigenvalue weighted by molar-refractivity contribution is 0.0523. The number of carbonyl (C=O) groups is 1. The molecule has 2 rings (SSSR count). The number of hydrogen-bond donors (Lipinski definition) is 1. The zero-order chi connectivity index (χ0) is 14.5. The van der Waals surface area contributed by atoms with Crippen molar-refractivity contribution in [2.45, 2.75) is 13.5 Å². The molecule has 0 radical (unpaired) electrons. The molecular formula is C13H13BrN2O4. The van der Waals surface area contributed by atoms with Gasteiger partial charge in [0.25, 0.3) is 0 Å². The van der Waals surface area contributed by atoms with Crippen molar-refractivity contribution in [3.05, 3.63) is 46.1 Å². The molecule has 0 aliphatic rings. The van der Waals surface area contributed by atoms with Crippen molar-refractivity contribution in [3.63, 3.8) is 0 Å². The van der Waals surface area contributed by atoms with Gasteiger partial charge in [0.1, 0.15) is 6.61 Å². The molecule has 2 aromatic rings. The maximum Gasteiger partial charge on any atom is 0.338 e. The van der Waals surface area contributed by atoms with E-state index < -0.39 is 5.97 Å². The number of aromatic nitrogens is 2. The zero-order valence-electron chi connectivity index (χ0n) is 10.7. The molecule has 6 nitrogen and oxygen atoms in total. The molecule has 7 heteroatoms. The second kappa shape index (κ2) is 6.42. The number of carbonyl (C=O) groups excluding carboxylic acids is 1. The van der Waals surface area contributed by atoms with Gasteiger partial charge in [-0.3, -0.25) is 0 Å². The Morgan fingerprint density at radius 1 is 1.45 bits per heavy atom. The van der Waals surface area contributed by atoms with Crippen molar-refractivity contribution in [1.82, 2.24) is 9.94 Å². The third-order valence-corrected chi connectivity index (χ3v) is 3.27. The van der Waals surface area contributed by atoms with Crippen molar-refractivity contribution < 1.29 is 19.5 Å². The van der Waals surface area contributed by atoms with Gasteiger partial charge in [-0.25, -0.2) is 4.79 Å². The maximum absolute atomic E-state index is 11.9. The van der Waals surface area contributed by atoms with E-state index >= 15 is 0 Å². The van der Waals surface area contributed by atoms with Gasteiger partial charge in [0.2, 0.25) is 5.88 Å². The number of esters is 1. The van der Waals surface area contributed by atoms with Crippen LogP contribution >= 0.6 is 15.9 Å². The van der Waals surface area contributed by atoms with Crippen molar-refractivity contribution in [1.29, 1.82) is 0 Å². The molecule has 1 N–H and O–H groups in total. The van der Waals surface area contributed by atoms with Gasteiger partial charge in [0.15, 0.2) is 0 Å². The number of benzene rings is 1. The Balaban J connectivity index is 2.19. The Hall–Kier alpha value is -2.02. The van der Waals surface area contributed by atoms with Crippen LogP contribution in [-0.4, -0.2) is 27.7 Å². The number of ether oxygens (including phenoxy) is 2. The van der Waals surface area contributed by atoms with E-state index in [9.17, 15) is 4.79 Å². The summed E-state index contributed by atoms with van der Waals surface area (Å²) in [5.41, 5.74) is 1.10. The molecule has 0 spiro atoms. The largest absolute Gasteiger partial charge is 0.472 e. The quantitative estimate of drug-likeness (QED) is 0.669. The van der Waals surface area contributed by atoms with E-state index in [2.05, 4.69) is 21.0 Å². The molecule has 0 fully saturated rings. The van der Waals surface area contributed by atoms with E-state index in [0.717, 1.165) is 4.47 Å². The topological polar surface area (TPSA) is 73.6 Å². The van der Waals surface area contributed by atoms with E-state index in [-0.39, 0.29) is 12.5 Å². The first-order valence-electron chi connectivity index (χ1n) is 5.94. The van der Waals surface area contributed by atoms with Crippen LogP contribution in [0.4, 0.5) is 0 Å². The summed E-state index contributed by atoms with van der Waals surface area (Å²) < 4.78 is 11.2. The molecular weight excluding hydrogens is 328 g/mol. The van der Waals surface area contributed by atoms with E-state index in [1.807, 2.05) is 6.07 Å². The second-order valence-electron chi connectivity index (χ2n) is 3.85. The molecule has 20 heavy (non-hydrogen) atoms. The smallest absolute Gasteiger partial charge is 0.338 e. The second-order valence-corrected chi connectivity index (χ2v) is 4.70. The summed E-state index contributed by atoms with van der Waals surface area (Å²) in [7, 11) is 0. The minimum absolute atomic E-state index is 0.132. The average Bonchev–Trinajstić information content (AvgIpc) is 2.83. The van der Waals surface area contributed by atoms with Gasteiger partial charge in [-0.2, -0.15) is 0 Å². The van der Waals surface area contributed by atoms with Crippen LogP contribution in [0.15, 0.2) is 34.9 Å². The average molecular weight is 341 g/mol. The first kappa shape index (κ1) is 14.4.